The highest BCUT2D eigenvalue weighted by molar-refractivity contribution is 5.53. The zero-order valence-electron chi connectivity index (χ0n) is 14.0. The lowest BCUT2D eigenvalue weighted by atomic mass is 10.0. The van der Waals surface area contributed by atoms with E-state index < -0.39 is 0 Å². The zero-order valence-corrected chi connectivity index (χ0v) is 14.0. The Bertz CT molecular complexity index is 648. The Morgan fingerprint density at radius 2 is 1.57 bits per heavy atom. The average Bonchev–Trinajstić information content (AvgIpc) is 2.55. The van der Waals surface area contributed by atoms with Crippen molar-refractivity contribution in [3.05, 3.63) is 54.1 Å². The minimum Gasteiger partial charge on any atom is -0.504 e. The van der Waals surface area contributed by atoms with Gasteiger partial charge in [0.2, 0.25) is 0 Å². The van der Waals surface area contributed by atoms with E-state index in [2.05, 4.69) is 20.4 Å². The van der Waals surface area contributed by atoms with Crippen LogP contribution in [0.4, 0.5) is 0 Å². The molecular formula is C19H24O4. The van der Waals surface area contributed by atoms with Crippen LogP contribution in [0.1, 0.15) is 30.9 Å². The summed E-state index contributed by atoms with van der Waals surface area (Å²) in [6.07, 6.45) is 1.67. The van der Waals surface area contributed by atoms with E-state index in [1.54, 1.807) is 31.4 Å². The van der Waals surface area contributed by atoms with Crippen molar-refractivity contribution in [2.45, 2.75) is 19.8 Å². The molecule has 0 fully saturated rings. The quantitative estimate of drug-likeness (QED) is 0.867. The van der Waals surface area contributed by atoms with E-state index in [-0.39, 0.29) is 11.5 Å². The SMILES string of the molecule is C=Cc1ccc(OC)c(O)c1.COc1cc(C(C)C)ccc1O. The molecule has 2 rings (SSSR count). The van der Waals surface area contributed by atoms with Crippen LogP contribution in [-0.4, -0.2) is 24.4 Å². The van der Waals surface area contributed by atoms with Gasteiger partial charge in [-0.05, 0) is 41.3 Å². The molecule has 0 radical (unpaired) electrons. The molecule has 0 bridgehead atoms. The van der Waals surface area contributed by atoms with Gasteiger partial charge in [-0.3, -0.25) is 0 Å². The third kappa shape index (κ3) is 5.25. The van der Waals surface area contributed by atoms with E-state index in [1.165, 1.54) is 12.7 Å². The maximum absolute atomic E-state index is 9.29. The van der Waals surface area contributed by atoms with E-state index in [0.29, 0.717) is 17.4 Å². The fourth-order valence-corrected chi connectivity index (χ4v) is 1.89. The Morgan fingerprint density at radius 1 is 0.913 bits per heavy atom. The molecule has 4 heteroatoms. The van der Waals surface area contributed by atoms with Gasteiger partial charge in [-0.2, -0.15) is 0 Å². The van der Waals surface area contributed by atoms with Crippen molar-refractivity contribution in [3.8, 4) is 23.0 Å². The second-order valence-corrected chi connectivity index (χ2v) is 5.22. The maximum atomic E-state index is 9.29. The number of rotatable bonds is 4. The first-order valence-corrected chi connectivity index (χ1v) is 7.29. The third-order valence-electron chi connectivity index (χ3n) is 3.31. The van der Waals surface area contributed by atoms with Crippen LogP contribution >= 0.6 is 0 Å². The number of ether oxygens (including phenoxy) is 2. The summed E-state index contributed by atoms with van der Waals surface area (Å²) < 4.78 is 9.85. The fraction of sp³-hybridized carbons (Fsp3) is 0.263. The molecule has 0 heterocycles. The number of methoxy groups -OCH3 is 2. The Hall–Kier alpha value is -2.62. The van der Waals surface area contributed by atoms with Crippen LogP contribution < -0.4 is 9.47 Å². The van der Waals surface area contributed by atoms with Crippen LogP contribution in [0.25, 0.3) is 6.08 Å². The first kappa shape index (κ1) is 18.4. The van der Waals surface area contributed by atoms with Gasteiger partial charge >= 0.3 is 0 Å². The van der Waals surface area contributed by atoms with Gasteiger partial charge < -0.3 is 19.7 Å². The third-order valence-corrected chi connectivity index (χ3v) is 3.31. The maximum Gasteiger partial charge on any atom is 0.160 e. The minimum absolute atomic E-state index is 0.143. The smallest absolute Gasteiger partial charge is 0.160 e. The number of hydrogen-bond acceptors (Lipinski definition) is 4. The summed E-state index contributed by atoms with van der Waals surface area (Å²) in [6.45, 7) is 7.78. The summed E-state index contributed by atoms with van der Waals surface area (Å²) in [5.74, 6) is 1.82. The minimum atomic E-state index is 0.143. The van der Waals surface area contributed by atoms with Crippen LogP contribution in [0.15, 0.2) is 43.0 Å². The fourth-order valence-electron chi connectivity index (χ4n) is 1.89. The molecule has 4 nitrogen and oxygen atoms in total. The zero-order chi connectivity index (χ0) is 17.4. The summed E-state index contributed by atoms with van der Waals surface area (Å²) in [5.41, 5.74) is 2.05. The average molecular weight is 316 g/mol. The Morgan fingerprint density at radius 3 is 2.04 bits per heavy atom. The highest BCUT2D eigenvalue weighted by Crippen LogP contribution is 2.29. The first-order valence-electron chi connectivity index (χ1n) is 7.29. The predicted octanol–water partition coefficient (Wildman–Crippen LogP) is 4.57. The summed E-state index contributed by atoms with van der Waals surface area (Å²) >= 11 is 0. The van der Waals surface area contributed by atoms with Crippen molar-refractivity contribution < 1.29 is 19.7 Å². The highest BCUT2D eigenvalue weighted by atomic mass is 16.5. The van der Waals surface area contributed by atoms with Crippen molar-refractivity contribution in [2.75, 3.05) is 14.2 Å². The van der Waals surface area contributed by atoms with Gasteiger partial charge in [-0.1, -0.05) is 38.6 Å². The van der Waals surface area contributed by atoms with E-state index >= 15 is 0 Å². The second-order valence-electron chi connectivity index (χ2n) is 5.22. The Balaban J connectivity index is 0.000000231. The molecule has 0 saturated carbocycles. The number of phenolic OH excluding ortho intramolecular Hbond substituents is 2. The Kier molecular flexibility index (Phi) is 7.00. The van der Waals surface area contributed by atoms with Crippen molar-refractivity contribution in [1.29, 1.82) is 0 Å². The van der Waals surface area contributed by atoms with Crippen molar-refractivity contribution in [2.24, 2.45) is 0 Å². The van der Waals surface area contributed by atoms with Gasteiger partial charge in [-0.25, -0.2) is 0 Å². The van der Waals surface area contributed by atoms with Gasteiger partial charge in [-0.15, -0.1) is 0 Å². The van der Waals surface area contributed by atoms with Gasteiger partial charge in [0, 0.05) is 0 Å². The van der Waals surface area contributed by atoms with Gasteiger partial charge in [0.1, 0.15) is 0 Å². The molecular weight excluding hydrogens is 292 g/mol. The highest BCUT2D eigenvalue weighted by Gasteiger charge is 2.04. The van der Waals surface area contributed by atoms with Crippen LogP contribution in [-0.2, 0) is 0 Å². The summed E-state index contributed by atoms with van der Waals surface area (Å²) in [5, 5.41) is 18.5. The molecule has 2 aromatic rings. The van der Waals surface area contributed by atoms with E-state index in [9.17, 15) is 10.2 Å². The first-order chi connectivity index (χ1) is 10.9. The van der Waals surface area contributed by atoms with Crippen LogP contribution in [0.2, 0.25) is 0 Å². The molecule has 0 saturated heterocycles. The molecule has 0 amide bonds. The molecule has 0 aliphatic heterocycles. The van der Waals surface area contributed by atoms with Crippen LogP contribution in [0.5, 0.6) is 23.0 Å². The molecule has 2 N–H and O–H groups in total. The van der Waals surface area contributed by atoms with Gasteiger partial charge in [0.15, 0.2) is 23.0 Å². The molecule has 0 aromatic heterocycles. The monoisotopic (exact) mass is 316 g/mol. The second kappa shape index (κ2) is 8.73. The summed E-state index contributed by atoms with van der Waals surface area (Å²) in [4.78, 5) is 0. The summed E-state index contributed by atoms with van der Waals surface area (Å²) in [6, 6.07) is 10.6. The molecule has 0 spiro atoms. The predicted molar refractivity (Wildman–Crippen MR) is 93.5 cm³/mol. The molecule has 2 aromatic carbocycles. The topological polar surface area (TPSA) is 58.9 Å². The normalized spacial score (nSPS) is 9.78. The lowest BCUT2D eigenvalue weighted by molar-refractivity contribution is 0.372. The van der Waals surface area contributed by atoms with Crippen molar-refractivity contribution in [1.82, 2.24) is 0 Å². The van der Waals surface area contributed by atoms with E-state index in [1.807, 2.05) is 18.2 Å². The van der Waals surface area contributed by atoms with Crippen molar-refractivity contribution in [3.63, 3.8) is 0 Å². The van der Waals surface area contributed by atoms with Crippen molar-refractivity contribution >= 4 is 6.08 Å². The number of aromatic hydroxyl groups is 2. The molecule has 0 atom stereocenters. The lowest BCUT2D eigenvalue weighted by Crippen LogP contribution is -1.89. The molecule has 124 valence electrons. The van der Waals surface area contributed by atoms with Gasteiger partial charge in [0.05, 0.1) is 14.2 Å². The van der Waals surface area contributed by atoms with E-state index in [0.717, 1.165) is 5.56 Å². The lowest BCUT2D eigenvalue weighted by Gasteiger charge is -2.08. The number of hydrogen-bond donors (Lipinski definition) is 2. The molecule has 23 heavy (non-hydrogen) atoms. The molecule has 0 unspecified atom stereocenters. The summed E-state index contributed by atoms with van der Waals surface area (Å²) in [7, 11) is 3.07. The number of phenols is 2. The Labute approximate surface area is 137 Å². The van der Waals surface area contributed by atoms with E-state index in [4.69, 9.17) is 9.47 Å². The number of benzene rings is 2. The van der Waals surface area contributed by atoms with Gasteiger partial charge in [0.25, 0.3) is 0 Å². The van der Waals surface area contributed by atoms with Crippen LogP contribution in [0.3, 0.4) is 0 Å². The standard InChI is InChI=1S/C10H14O2.C9H10O2/c1-7(2)8-4-5-9(11)10(6-8)12-3;1-3-7-4-5-9(11-2)8(10)6-7/h4-7,11H,1-3H3;3-6,10H,1H2,2H3. The largest absolute Gasteiger partial charge is 0.504 e. The molecule has 0 aliphatic rings. The van der Waals surface area contributed by atoms with Crippen LogP contribution in [0, 0.1) is 0 Å². The molecule has 0 aliphatic carbocycles.